The highest BCUT2D eigenvalue weighted by molar-refractivity contribution is 5.96. The smallest absolute Gasteiger partial charge is 0.186 e. The van der Waals surface area contributed by atoms with Gasteiger partial charge in [0.15, 0.2) is 11.6 Å². The molecule has 3 nitrogen and oxygen atoms in total. The van der Waals surface area contributed by atoms with Gasteiger partial charge in [-0.15, -0.1) is 0 Å². The summed E-state index contributed by atoms with van der Waals surface area (Å²) in [7, 11) is 0. The molecule has 2 aromatic heterocycles. The number of benzene rings is 2. The van der Waals surface area contributed by atoms with Crippen LogP contribution in [0.3, 0.4) is 0 Å². The summed E-state index contributed by atoms with van der Waals surface area (Å²) in [5, 5.41) is 1.96. The Morgan fingerprint density at radius 1 is 1.04 bits per heavy atom. The van der Waals surface area contributed by atoms with Gasteiger partial charge in [-0.05, 0) is 24.4 Å². The van der Waals surface area contributed by atoms with Crippen LogP contribution in [-0.2, 0) is 6.54 Å². The molecule has 0 bridgehead atoms. The van der Waals surface area contributed by atoms with Crippen LogP contribution >= 0.6 is 0 Å². The summed E-state index contributed by atoms with van der Waals surface area (Å²) in [4.78, 5) is 8.63. The van der Waals surface area contributed by atoms with Crippen LogP contribution in [0.5, 0.6) is 0 Å². The lowest BCUT2D eigenvalue weighted by Crippen LogP contribution is -1.98. The number of hydrogen-bond acceptors (Lipinski definition) is 2. The fourth-order valence-electron chi connectivity index (χ4n) is 2.95. The van der Waals surface area contributed by atoms with Crippen LogP contribution in [0.1, 0.15) is 6.92 Å². The molecular weight excluding hydrogens is 296 g/mol. The first-order valence-corrected chi connectivity index (χ1v) is 7.38. The molecule has 0 unspecified atom stereocenters. The molecule has 0 saturated carbocycles. The highest BCUT2D eigenvalue weighted by Gasteiger charge is 2.18. The number of aromatic nitrogens is 3. The number of rotatable bonds is 2. The van der Waals surface area contributed by atoms with Crippen molar-refractivity contribution in [2.75, 3.05) is 0 Å². The van der Waals surface area contributed by atoms with E-state index in [4.69, 9.17) is 0 Å². The monoisotopic (exact) mass is 309 g/mol. The molecular formula is C18H13F2N3. The van der Waals surface area contributed by atoms with Gasteiger partial charge in [0.1, 0.15) is 11.3 Å². The van der Waals surface area contributed by atoms with E-state index in [0.29, 0.717) is 17.9 Å². The Balaban J connectivity index is 2.10. The zero-order valence-corrected chi connectivity index (χ0v) is 12.4. The van der Waals surface area contributed by atoms with Gasteiger partial charge in [0.25, 0.3) is 0 Å². The topological polar surface area (TPSA) is 30.7 Å². The van der Waals surface area contributed by atoms with Gasteiger partial charge in [0.2, 0.25) is 0 Å². The molecule has 5 heteroatoms. The Labute approximate surface area is 131 Å². The third-order valence-corrected chi connectivity index (χ3v) is 4.04. The Kier molecular flexibility index (Phi) is 3.08. The Bertz CT molecular complexity index is 1030. The second-order valence-corrected chi connectivity index (χ2v) is 5.32. The van der Waals surface area contributed by atoms with Gasteiger partial charge in [-0.3, -0.25) is 4.98 Å². The minimum Gasteiger partial charge on any atom is -0.324 e. The summed E-state index contributed by atoms with van der Waals surface area (Å²) in [5.74, 6) is -1.21. The fourth-order valence-corrected chi connectivity index (χ4v) is 2.95. The number of hydrogen-bond donors (Lipinski definition) is 0. The molecule has 0 radical (unpaired) electrons. The lowest BCUT2D eigenvalue weighted by atomic mass is 10.1. The largest absolute Gasteiger partial charge is 0.324 e. The van der Waals surface area contributed by atoms with Crippen molar-refractivity contribution < 1.29 is 8.78 Å². The molecule has 0 fully saturated rings. The molecule has 4 aromatic rings. The molecule has 0 aliphatic carbocycles. The van der Waals surface area contributed by atoms with E-state index in [0.717, 1.165) is 22.4 Å². The molecule has 0 spiro atoms. The van der Waals surface area contributed by atoms with E-state index in [1.807, 2.05) is 35.8 Å². The normalized spacial score (nSPS) is 11.4. The summed E-state index contributed by atoms with van der Waals surface area (Å²) in [6.07, 6.45) is 3.49. The SMILES string of the molecule is CCn1c(-c2cncc3ccccc23)nc2c(F)c(F)ccc21. The van der Waals surface area contributed by atoms with Crippen LogP contribution in [-0.4, -0.2) is 14.5 Å². The summed E-state index contributed by atoms with van der Waals surface area (Å²) in [6.45, 7) is 2.55. The molecule has 114 valence electrons. The number of pyridine rings is 1. The highest BCUT2D eigenvalue weighted by atomic mass is 19.2. The Morgan fingerprint density at radius 3 is 2.70 bits per heavy atom. The van der Waals surface area contributed by atoms with Gasteiger partial charge in [0, 0.05) is 29.9 Å². The average Bonchev–Trinajstić information content (AvgIpc) is 2.96. The van der Waals surface area contributed by atoms with Crippen molar-refractivity contribution in [2.24, 2.45) is 0 Å². The van der Waals surface area contributed by atoms with Gasteiger partial charge in [0.05, 0.1) is 5.52 Å². The van der Waals surface area contributed by atoms with E-state index in [1.165, 1.54) is 0 Å². The molecule has 0 saturated heterocycles. The summed E-state index contributed by atoms with van der Waals surface area (Å²) in [6, 6.07) is 10.5. The van der Waals surface area contributed by atoms with Gasteiger partial charge in [-0.1, -0.05) is 24.3 Å². The standard InChI is InChI=1S/C18H13F2N3/c1-2-23-15-8-7-14(19)16(20)17(15)22-18(23)13-10-21-9-11-5-3-4-6-12(11)13/h3-10H,2H2,1H3. The fraction of sp³-hybridized carbons (Fsp3) is 0.111. The molecule has 2 aromatic carbocycles. The van der Waals surface area contributed by atoms with E-state index in [2.05, 4.69) is 9.97 Å². The lowest BCUT2D eigenvalue weighted by Gasteiger charge is -2.08. The molecule has 23 heavy (non-hydrogen) atoms. The van der Waals surface area contributed by atoms with E-state index >= 15 is 0 Å². The first-order chi connectivity index (χ1) is 11.2. The van der Waals surface area contributed by atoms with Gasteiger partial charge in [-0.25, -0.2) is 13.8 Å². The summed E-state index contributed by atoms with van der Waals surface area (Å²) < 4.78 is 29.5. The van der Waals surface area contributed by atoms with E-state index in [1.54, 1.807) is 18.5 Å². The van der Waals surface area contributed by atoms with Gasteiger partial charge in [-0.2, -0.15) is 0 Å². The van der Waals surface area contributed by atoms with Crippen molar-refractivity contribution in [3.63, 3.8) is 0 Å². The van der Waals surface area contributed by atoms with Crippen LogP contribution in [0.2, 0.25) is 0 Å². The Hall–Kier alpha value is -2.82. The quantitative estimate of drug-likeness (QED) is 0.544. The second-order valence-electron chi connectivity index (χ2n) is 5.32. The van der Waals surface area contributed by atoms with Crippen molar-refractivity contribution in [1.29, 1.82) is 0 Å². The molecule has 0 aliphatic heterocycles. The lowest BCUT2D eigenvalue weighted by molar-refractivity contribution is 0.515. The number of halogens is 2. The molecule has 0 N–H and O–H groups in total. The minimum atomic E-state index is -0.913. The van der Waals surface area contributed by atoms with Crippen LogP contribution in [0.25, 0.3) is 33.2 Å². The predicted molar refractivity (Wildman–Crippen MR) is 86.1 cm³/mol. The van der Waals surface area contributed by atoms with E-state index in [9.17, 15) is 8.78 Å². The molecule has 0 atom stereocenters. The third kappa shape index (κ3) is 2.00. The first kappa shape index (κ1) is 13.8. The maximum Gasteiger partial charge on any atom is 0.186 e. The van der Waals surface area contributed by atoms with Crippen LogP contribution < -0.4 is 0 Å². The van der Waals surface area contributed by atoms with Crippen molar-refractivity contribution in [3.8, 4) is 11.4 Å². The van der Waals surface area contributed by atoms with Crippen LogP contribution in [0.15, 0.2) is 48.8 Å². The van der Waals surface area contributed by atoms with Gasteiger partial charge < -0.3 is 4.57 Å². The number of fused-ring (bicyclic) bond motifs is 2. The molecule has 0 amide bonds. The van der Waals surface area contributed by atoms with Crippen molar-refractivity contribution in [3.05, 3.63) is 60.4 Å². The van der Waals surface area contributed by atoms with E-state index < -0.39 is 11.6 Å². The zero-order chi connectivity index (χ0) is 16.0. The molecule has 2 heterocycles. The van der Waals surface area contributed by atoms with E-state index in [-0.39, 0.29) is 5.52 Å². The number of imidazole rings is 1. The summed E-state index contributed by atoms with van der Waals surface area (Å²) >= 11 is 0. The number of nitrogens with zero attached hydrogens (tertiary/aromatic N) is 3. The minimum absolute atomic E-state index is 0.0507. The maximum atomic E-state index is 14.1. The molecule has 0 aliphatic rings. The highest BCUT2D eigenvalue weighted by Crippen LogP contribution is 2.31. The Morgan fingerprint density at radius 2 is 1.87 bits per heavy atom. The second kappa shape index (κ2) is 5.12. The predicted octanol–water partition coefficient (Wildman–Crippen LogP) is 4.55. The average molecular weight is 309 g/mol. The van der Waals surface area contributed by atoms with Crippen molar-refractivity contribution in [2.45, 2.75) is 13.5 Å². The van der Waals surface area contributed by atoms with Crippen molar-refractivity contribution in [1.82, 2.24) is 14.5 Å². The van der Waals surface area contributed by atoms with Crippen molar-refractivity contribution >= 4 is 21.8 Å². The summed E-state index contributed by atoms with van der Waals surface area (Å²) in [5.41, 5.74) is 1.44. The zero-order valence-electron chi connectivity index (χ0n) is 12.4. The maximum absolute atomic E-state index is 14.1. The van der Waals surface area contributed by atoms with Crippen LogP contribution in [0.4, 0.5) is 8.78 Å². The van der Waals surface area contributed by atoms with Crippen LogP contribution in [0, 0.1) is 11.6 Å². The number of aryl methyl sites for hydroxylation is 1. The first-order valence-electron chi connectivity index (χ1n) is 7.38. The van der Waals surface area contributed by atoms with Gasteiger partial charge >= 0.3 is 0 Å². The third-order valence-electron chi connectivity index (χ3n) is 4.04. The molecule has 4 rings (SSSR count).